The first-order valence-electron chi connectivity index (χ1n) is 4.86. The Kier molecular flexibility index (Phi) is 1.71. The zero-order valence-electron chi connectivity index (χ0n) is 6.97. The molecule has 0 aliphatic heterocycles. The molecule has 2 aliphatic rings. The Morgan fingerprint density at radius 3 is 2.60 bits per heavy atom. The average molecular weight is 138 g/mol. The SMILES string of the molecule is C[C@H]1CCC2CCC[C@@H]2C1. The van der Waals surface area contributed by atoms with Gasteiger partial charge in [0.25, 0.3) is 0 Å². The van der Waals surface area contributed by atoms with Crippen molar-refractivity contribution >= 4 is 0 Å². The Bertz CT molecular complexity index is 117. The summed E-state index contributed by atoms with van der Waals surface area (Å²) in [7, 11) is 0. The Hall–Kier alpha value is 0. The lowest BCUT2D eigenvalue weighted by Crippen LogP contribution is -2.18. The Balaban J connectivity index is 1.96. The molecular weight excluding hydrogens is 120 g/mol. The van der Waals surface area contributed by atoms with E-state index >= 15 is 0 Å². The van der Waals surface area contributed by atoms with Gasteiger partial charge in [0.2, 0.25) is 0 Å². The summed E-state index contributed by atoms with van der Waals surface area (Å²) in [4.78, 5) is 0. The summed E-state index contributed by atoms with van der Waals surface area (Å²) < 4.78 is 0. The van der Waals surface area contributed by atoms with Crippen LogP contribution in [0.4, 0.5) is 0 Å². The Labute approximate surface area is 64.0 Å². The quantitative estimate of drug-likeness (QED) is 0.482. The molecule has 0 radical (unpaired) electrons. The van der Waals surface area contributed by atoms with E-state index in [0.717, 1.165) is 17.8 Å². The van der Waals surface area contributed by atoms with E-state index in [1.165, 1.54) is 12.8 Å². The fourth-order valence-corrected chi connectivity index (χ4v) is 2.94. The van der Waals surface area contributed by atoms with Crippen molar-refractivity contribution in [1.29, 1.82) is 0 Å². The normalized spacial score (nSPS) is 47.1. The number of fused-ring (bicyclic) bond motifs is 1. The van der Waals surface area contributed by atoms with Crippen molar-refractivity contribution in [2.75, 3.05) is 0 Å². The van der Waals surface area contributed by atoms with Crippen molar-refractivity contribution in [3.63, 3.8) is 0 Å². The molecular formula is C10H18. The molecule has 2 rings (SSSR count). The lowest BCUT2D eigenvalue weighted by molar-refractivity contribution is 0.220. The molecule has 0 amide bonds. The minimum absolute atomic E-state index is 1.04. The van der Waals surface area contributed by atoms with Crippen molar-refractivity contribution in [1.82, 2.24) is 0 Å². The second kappa shape index (κ2) is 2.56. The van der Waals surface area contributed by atoms with E-state index in [4.69, 9.17) is 0 Å². The highest BCUT2D eigenvalue weighted by Crippen LogP contribution is 2.43. The molecule has 0 saturated heterocycles. The van der Waals surface area contributed by atoms with Crippen molar-refractivity contribution in [3.8, 4) is 0 Å². The maximum atomic E-state index is 2.43. The third kappa shape index (κ3) is 1.09. The zero-order chi connectivity index (χ0) is 6.97. The van der Waals surface area contributed by atoms with Crippen LogP contribution in [0, 0.1) is 17.8 Å². The summed E-state index contributed by atoms with van der Waals surface area (Å²) in [6.45, 7) is 2.43. The molecule has 58 valence electrons. The van der Waals surface area contributed by atoms with Gasteiger partial charge in [-0.15, -0.1) is 0 Å². The van der Waals surface area contributed by atoms with Gasteiger partial charge in [0.05, 0.1) is 0 Å². The van der Waals surface area contributed by atoms with Crippen molar-refractivity contribution in [2.45, 2.75) is 45.4 Å². The molecule has 0 heteroatoms. The summed E-state index contributed by atoms with van der Waals surface area (Å²) >= 11 is 0. The first kappa shape index (κ1) is 6.69. The molecule has 0 aromatic rings. The second-order valence-corrected chi connectivity index (χ2v) is 4.37. The first-order chi connectivity index (χ1) is 4.86. The van der Waals surface area contributed by atoms with Crippen molar-refractivity contribution < 1.29 is 0 Å². The van der Waals surface area contributed by atoms with Crippen LogP contribution in [-0.2, 0) is 0 Å². The molecule has 0 N–H and O–H groups in total. The molecule has 0 spiro atoms. The van der Waals surface area contributed by atoms with Gasteiger partial charge in [-0.2, -0.15) is 0 Å². The van der Waals surface area contributed by atoms with Crippen LogP contribution in [0.15, 0.2) is 0 Å². The lowest BCUT2D eigenvalue weighted by atomic mass is 9.77. The molecule has 0 aromatic carbocycles. The van der Waals surface area contributed by atoms with Crippen LogP contribution in [0.2, 0.25) is 0 Å². The van der Waals surface area contributed by atoms with Crippen molar-refractivity contribution in [2.24, 2.45) is 17.8 Å². The summed E-state index contributed by atoms with van der Waals surface area (Å²) in [5.74, 6) is 3.33. The van der Waals surface area contributed by atoms with Crippen molar-refractivity contribution in [3.05, 3.63) is 0 Å². The predicted molar refractivity (Wildman–Crippen MR) is 43.8 cm³/mol. The molecule has 2 saturated carbocycles. The van der Waals surface area contributed by atoms with Crippen LogP contribution >= 0.6 is 0 Å². The van der Waals surface area contributed by atoms with Gasteiger partial charge in [-0.1, -0.05) is 32.6 Å². The lowest BCUT2D eigenvalue weighted by Gasteiger charge is -2.29. The van der Waals surface area contributed by atoms with E-state index in [0.29, 0.717) is 0 Å². The van der Waals surface area contributed by atoms with E-state index in [-0.39, 0.29) is 0 Å². The second-order valence-electron chi connectivity index (χ2n) is 4.37. The average Bonchev–Trinajstić information content (AvgIpc) is 2.33. The zero-order valence-corrected chi connectivity index (χ0v) is 6.97. The monoisotopic (exact) mass is 138 g/mol. The fourth-order valence-electron chi connectivity index (χ4n) is 2.94. The minimum atomic E-state index is 1.04. The highest BCUT2D eigenvalue weighted by atomic mass is 14.4. The van der Waals surface area contributed by atoms with E-state index in [9.17, 15) is 0 Å². The standard InChI is InChI=1S/C10H18/c1-8-5-6-9-3-2-4-10(9)7-8/h8-10H,2-7H2,1H3/t8-,9?,10+/m0/s1. The van der Waals surface area contributed by atoms with E-state index < -0.39 is 0 Å². The van der Waals surface area contributed by atoms with Crippen LogP contribution < -0.4 is 0 Å². The highest BCUT2D eigenvalue weighted by molar-refractivity contribution is 4.83. The minimum Gasteiger partial charge on any atom is -0.0625 e. The molecule has 0 bridgehead atoms. The molecule has 0 aromatic heterocycles. The van der Waals surface area contributed by atoms with Gasteiger partial charge < -0.3 is 0 Å². The van der Waals surface area contributed by atoms with Gasteiger partial charge in [0.15, 0.2) is 0 Å². The van der Waals surface area contributed by atoms with Crippen LogP contribution in [0.5, 0.6) is 0 Å². The third-order valence-corrected chi connectivity index (χ3v) is 3.55. The third-order valence-electron chi connectivity index (χ3n) is 3.55. The number of hydrogen-bond donors (Lipinski definition) is 0. The van der Waals surface area contributed by atoms with Crippen LogP contribution in [0.25, 0.3) is 0 Å². The molecule has 0 nitrogen and oxygen atoms in total. The largest absolute Gasteiger partial charge is 0.0625 e. The van der Waals surface area contributed by atoms with Gasteiger partial charge in [-0.3, -0.25) is 0 Å². The van der Waals surface area contributed by atoms with Gasteiger partial charge in [0, 0.05) is 0 Å². The Morgan fingerprint density at radius 1 is 0.900 bits per heavy atom. The van der Waals surface area contributed by atoms with Gasteiger partial charge in [-0.05, 0) is 30.6 Å². The van der Waals surface area contributed by atoms with E-state index in [1.807, 2.05) is 0 Å². The number of hydrogen-bond acceptors (Lipinski definition) is 0. The van der Waals surface area contributed by atoms with Crippen LogP contribution in [0.1, 0.15) is 45.4 Å². The molecule has 2 fully saturated rings. The molecule has 0 heterocycles. The summed E-state index contributed by atoms with van der Waals surface area (Å²) in [5, 5.41) is 0. The van der Waals surface area contributed by atoms with Gasteiger partial charge in [-0.25, -0.2) is 0 Å². The van der Waals surface area contributed by atoms with Gasteiger partial charge in [0.1, 0.15) is 0 Å². The molecule has 3 atom stereocenters. The highest BCUT2D eigenvalue weighted by Gasteiger charge is 2.31. The van der Waals surface area contributed by atoms with Gasteiger partial charge >= 0.3 is 0 Å². The number of rotatable bonds is 0. The molecule has 2 aliphatic carbocycles. The summed E-state index contributed by atoms with van der Waals surface area (Å²) in [5.41, 5.74) is 0. The Morgan fingerprint density at radius 2 is 1.70 bits per heavy atom. The predicted octanol–water partition coefficient (Wildman–Crippen LogP) is 3.22. The first-order valence-corrected chi connectivity index (χ1v) is 4.86. The van der Waals surface area contributed by atoms with Crippen LogP contribution in [-0.4, -0.2) is 0 Å². The fraction of sp³-hybridized carbons (Fsp3) is 1.00. The van der Waals surface area contributed by atoms with E-state index in [2.05, 4.69) is 6.92 Å². The van der Waals surface area contributed by atoms with Crippen LogP contribution in [0.3, 0.4) is 0 Å². The summed E-state index contributed by atoms with van der Waals surface area (Å²) in [6, 6.07) is 0. The smallest absolute Gasteiger partial charge is 0.0383 e. The van der Waals surface area contributed by atoms with E-state index in [1.54, 1.807) is 25.7 Å². The summed E-state index contributed by atoms with van der Waals surface area (Å²) in [6.07, 6.45) is 9.24. The molecule has 1 unspecified atom stereocenters. The maximum absolute atomic E-state index is 2.43. The maximum Gasteiger partial charge on any atom is -0.0383 e. The topological polar surface area (TPSA) is 0 Å². The molecule has 10 heavy (non-hydrogen) atoms.